The van der Waals surface area contributed by atoms with Gasteiger partial charge in [0.2, 0.25) is 0 Å². The van der Waals surface area contributed by atoms with Crippen molar-refractivity contribution in [3.05, 3.63) is 0 Å². The molecule has 0 fully saturated rings. The number of hydrogen-bond acceptors (Lipinski definition) is 4. The zero-order valence-corrected chi connectivity index (χ0v) is 8.87. The van der Waals surface area contributed by atoms with Gasteiger partial charge in [0, 0.05) is 5.75 Å². The first-order valence-corrected chi connectivity index (χ1v) is 5.55. The summed E-state index contributed by atoms with van der Waals surface area (Å²) in [5.41, 5.74) is 0. The van der Waals surface area contributed by atoms with E-state index in [-0.39, 0.29) is 16.4 Å². The van der Waals surface area contributed by atoms with Crippen LogP contribution in [0.3, 0.4) is 0 Å². The Morgan fingerprint density at radius 2 is 2.00 bits per heavy atom. The number of rotatable bonds is 6. The van der Waals surface area contributed by atoms with Crippen molar-refractivity contribution in [3.8, 4) is 0 Å². The molecule has 0 amide bonds. The summed E-state index contributed by atoms with van der Waals surface area (Å²) >= 11 is 2.95. The Hall–Kier alpha value is 0.130. The Bertz CT molecular complexity index is 148. The van der Waals surface area contributed by atoms with Crippen LogP contribution in [0, 0.1) is 0 Å². The summed E-state index contributed by atoms with van der Waals surface area (Å²) in [5, 5.41) is 17.0. The maximum atomic E-state index is 10.2. The highest BCUT2D eigenvalue weighted by molar-refractivity contribution is 8.18. The molecule has 0 aliphatic heterocycles. The molecule has 0 spiro atoms. The van der Waals surface area contributed by atoms with Crippen LogP contribution in [0.4, 0.5) is 0 Å². The second-order valence-electron chi connectivity index (χ2n) is 2.65. The Morgan fingerprint density at radius 1 is 1.42 bits per heavy atom. The molecule has 0 aromatic carbocycles. The predicted octanol–water partition coefficient (Wildman–Crippen LogP) is 1.27. The van der Waals surface area contributed by atoms with Crippen LogP contribution in [-0.4, -0.2) is 38.4 Å². The molecule has 0 aliphatic carbocycles. The lowest BCUT2D eigenvalue weighted by Gasteiger charge is -2.21. The molecular weight excluding hydrogens is 196 g/mol. The van der Waals surface area contributed by atoms with Crippen molar-refractivity contribution in [1.29, 1.82) is 0 Å². The highest BCUT2D eigenvalue weighted by atomic mass is 32.2. The standard InChI is InChI=1S/C7H14O3S2/c1-7(2,11-4-3-8)12-5-6(9)10/h8H,3-5H2,1-2H3,(H,9,10). The molecule has 0 radical (unpaired) electrons. The van der Waals surface area contributed by atoms with Gasteiger partial charge >= 0.3 is 5.97 Å². The molecule has 12 heavy (non-hydrogen) atoms. The fourth-order valence-electron chi connectivity index (χ4n) is 0.569. The van der Waals surface area contributed by atoms with Crippen molar-refractivity contribution in [2.75, 3.05) is 18.1 Å². The number of thioether (sulfide) groups is 2. The van der Waals surface area contributed by atoms with Crippen LogP contribution in [-0.2, 0) is 4.79 Å². The summed E-state index contributed by atoms with van der Waals surface area (Å²) in [6.07, 6.45) is 0. The summed E-state index contributed by atoms with van der Waals surface area (Å²) < 4.78 is -0.124. The van der Waals surface area contributed by atoms with E-state index in [0.29, 0.717) is 5.75 Å². The minimum Gasteiger partial charge on any atom is -0.481 e. The summed E-state index contributed by atoms with van der Waals surface area (Å²) in [7, 11) is 0. The smallest absolute Gasteiger partial charge is 0.313 e. The van der Waals surface area contributed by atoms with Crippen LogP contribution in [0.5, 0.6) is 0 Å². The van der Waals surface area contributed by atoms with Crippen molar-refractivity contribution >= 4 is 29.5 Å². The third-order valence-corrected chi connectivity index (χ3v) is 3.96. The summed E-state index contributed by atoms with van der Waals surface area (Å²) in [6, 6.07) is 0. The maximum absolute atomic E-state index is 10.2. The molecular formula is C7H14O3S2. The molecule has 0 aromatic heterocycles. The minimum atomic E-state index is -0.794. The molecule has 0 saturated carbocycles. The lowest BCUT2D eigenvalue weighted by Crippen LogP contribution is -2.14. The van der Waals surface area contributed by atoms with Gasteiger partial charge in [-0.3, -0.25) is 4.79 Å². The van der Waals surface area contributed by atoms with Crippen molar-refractivity contribution in [2.24, 2.45) is 0 Å². The fourth-order valence-corrected chi connectivity index (χ4v) is 2.38. The molecule has 0 aliphatic rings. The number of carboxylic acids is 1. The highest BCUT2D eigenvalue weighted by Crippen LogP contribution is 2.35. The molecule has 0 bridgehead atoms. The highest BCUT2D eigenvalue weighted by Gasteiger charge is 2.19. The van der Waals surface area contributed by atoms with Crippen LogP contribution in [0.25, 0.3) is 0 Å². The predicted molar refractivity (Wildman–Crippen MR) is 53.7 cm³/mol. The molecule has 0 aromatic rings. The molecule has 0 saturated heterocycles. The quantitative estimate of drug-likeness (QED) is 0.646. The van der Waals surface area contributed by atoms with Crippen LogP contribution in [0.1, 0.15) is 13.8 Å². The van der Waals surface area contributed by atoms with Gasteiger partial charge in [0.1, 0.15) is 0 Å². The fraction of sp³-hybridized carbons (Fsp3) is 0.857. The van der Waals surface area contributed by atoms with Crippen molar-refractivity contribution in [2.45, 2.75) is 17.9 Å². The number of aliphatic carboxylic acids is 1. The average Bonchev–Trinajstić information content (AvgIpc) is 1.98. The van der Waals surface area contributed by atoms with E-state index in [1.165, 1.54) is 11.8 Å². The zero-order valence-electron chi connectivity index (χ0n) is 7.24. The SMILES string of the molecule is CC(C)(SCCO)SCC(=O)O. The molecule has 0 heterocycles. The van der Waals surface area contributed by atoms with Crippen molar-refractivity contribution in [3.63, 3.8) is 0 Å². The third kappa shape index (κ3) is 6.82. The molecule has 0 rings (SSSR count). The maximum Gasteiger partial charge on any atom is 0.313 e. The first kappa shape index (κ1) is 12.1. The van der Waals surface area contributed by atoms with Gasteiger partial charge in [0.15, 0.2) is 0 Å². The van der Waals surface area contributed by atoms with E-state index in [1.54, 1.807) is 11.8 Å². The van der Waals surface area contributed by atoms with E-state index in [2.05, 4.69) is 0 Å². The van der Waals surface area contributed by atoms with E-state index >= 15 is 0 Å². The Kier molecular flexibility index (Phi) is 5.78. The van der Waals surface area contributed by atoms with Gasteiger partial charge in [0.05, 0.1) is 16.4 Å². The zero-order chi connectivity index (χ0) is 9.61. The van der Waals surface area contributed by atoms with E-state index in [9.17, 15) is 4.79 Å². The first-order chi connectivity index (χ1) is 5.48. The average molecular weight is 210 g/mol. The van der Waals surface area contributed by atoms with Gasteiger partial charge in [-0.2, -0.15) is 0 Å². The van der Waals surface area contributed by atoms with Crippen LogP contribution in [0.15, 0.2) is 0 Å². The normalized spacial score (nSPS) is 11.6. The second kappa shape index (κ2) is 5.72. The van der Waals surface area contributed by atoms with Crippen LogP contribution >= 0.6 is 23.5 Å². The van der Waals surface area contributed by atoms with Gasteiger partial charge < -0.3 is 10.2 Å². The van der Waals surface area contributed by atoms with E-state index in [1.807, 2.05) is 13.8 Å². The van der Waals surface area contributed by atoms with E-state index in [4.69, 9.17) is 10.2 Å². The molecule has 2 N–H and O–H groups in total. The molecule has 0 atom stereocenters. The van der Waals surface area contributed by atoms with Crippen LogP contribution in [0.2, 0.25) is 0 Å². The van der Waals surface area contributed by atoms with Crippen molar-refractivity contribution in [1.82, 2.24) is 0 Å². The summed E-state index contributed by atoms with van der Waals surface area (Å²) in [5.74, 6) is -0.0249. The van der Waals surface area contributed by atoms with Crippen molar-refractivity contribution < 1.29 is 15.0 Å². The number of aliphatic hydroxyl groups excluding tert-OH is 1. The van der Waals surface area contributed by atoms with Gasteiger partial charge in [-0.25, -0.2) is 0 Å². The second-order valence-corrected chi connectivity index (χ2v) is 6.23. The minimum absolute atomic E-state index is 0.116. The largest absolute Gasteiger partial charge is 0.481 e. The Balaban J connectivity index is 3.63. The molecule has 5 heteroatoms. The van der Waals surface area contributed by atoms with Gasteiger partial charge in [-0.1, -0.05) is 0 Å². The number of carboxylic acid groups (broad SMARTS) is 1. The van der Waals surface area contributed by atoms with Crippen LogP contribution < -0.4 is 0 Å². The Morgan fingerprint density at radius 3 is 2.42 bits per heavy atom. The number of aliphatic hydroxyl groups is 1. The molecule has 0 unspecified atom stereocenters. The number of carbonyl (C=O) groups is 1. The first-order valence-electron chi connectivity index (χ1n) is 3.58. The molecule has 72 valence electrons. The van der Waals surface area contributed by atoms with Gasteiger partial charge in [0.25, 0.3) is 0 Å². The Labute approximate surface area is 80.9 Å². The van der Waals surface area contributed by atoms with Gasteiger partial charge in [-0.05, 0) is 13.8 Å². The molecule has 3 nitrogen and oxygen atoms in total. The lowest BCUT2D eigenvalue weighted by molar-refractivity contribution is -0.133. The van der Waals surface area contributed by atoms with E-state index in [0.717, 1.165) is 0 Å². The lowest BCUT2D eigenvalue weighted by atomic mass is 10.5. The van der Waals surface area contributed by atoms with Gasteiger partial charge in [-0.15, -0.1) is 23.5 Å². The summed E-state index contributed by atoms with van der Waals surface area (Å²) in [6.45, 7) is 4.06. The summed E-state index contributed by atoms with van der Waals surface area (Å²) in [4.78, 5) is 10.2. The monoisotopic (exact) mass is 210 g/mol. The number of hydrogen-bond donors (Lipinski definition) is 2. The topological polar surface area (TPSA) is 57.5 Å². The van der Waals surface area contributed by atoms with E-state index < -0.39 is 5.97 Å². The third-order valence-electron chi connectivity index (χ3n) is 1.08.